The molecule has 2 aliphatic heterocycles. The van der Waals surface area contributed by atoms with E-state index < -0.39 is 8.07 Å². The quantitative estimate of drug-likeness (QED) is 0.190. The lowest BCUT2D eigenvalue weighted by Crippen LogP contribution is -2.70. The molecule has 0 saturated carbocycles. The fourth-order valence-corrected chi connectivity index (χ4v) is 18.6. The van der Waals surface area contributed by atoms with Crippen LogP contribution in [0.5, 0.6) is 0 Å². The van der Waals surface area contributed by atoms with Gasteiger partial charge in [-0.3, -0.25) is 0 Å². The van der Waals surface area contributed by atoms with Gasteiger partial charge in [0.25, 0.3) is 0 Å². The van der Waals surface area contributed by atoms with Crippen molar-refractivity contribution in [2.45, 2.75) is 91.9 Å². The molecule has 0 bridgehead atoms. The minimum Gasteiger partial charge on any atom is -0.139 e. The molecule has 0 amide bonds. The van der Waals surface area contributed by atoms with Gasteiger partial charge in [0.15, 0.2) is 8.07 Å². The fourth-order valence-electron chi connectivity index (χ4n) is 5.57. The van der Waals surface area contributed by atoms with Crippen LogP contribution in [0.4, 0.5) is 0 Å². The third-order valence-electron chi connectivity index (χ3n) is 7.61. The highest BCUT2D eigenvalue weighted by atomic mass is 32.1. The molecule has 0 fully saturated rings. The van der Waals surface area contributed by atoms with Crippen LogP contribution in [0.2, 0.25) is 0 Å². The highest BCUT2D eigenvalue weighted by Gasteiger charge is 2.58. The molecule has 2 aliphatic rings. The van der Waals surface area contributed by atoms with Crippen molar-refractivity contribution in [3.05, 3.63) is 43.8 Å². The first-order chi connectivity index (χ1) is 16.2. The lowest BCUT2D eigenvalue weighted by Gasteiger charge is -2.26. The first-order valence-electron chi connectivity index (χ1n) is 12.8. The summed E-state index contributed by atoms with van der Waals surface area (Å²) in [5, 5.41) is 6.77. The Hall–Kier alpha value is -0.983. The monoisotopic (exact) mass is 552 g/mol. The summed E-state index contributed by atoms with van der Waals surface area (Å²) in [6.45, 7) is 23.7. The average molecular weight is 553 g/mol. The van der Waals surface area contributed by atoms with Gasteiger partial charge < -0.3 is 0 Å². The van der Waals surface area contributed by atoms with Crippen molar-refractivity contribution in [2.24, 2.45) is 0 Å². The lowest BCUT2D eigenvalue weighted by atomic mass is 9.95. The van der Waals surface area contributed by atoms with Crippen molar-refractivity contribution in [2.75, 3.05) is 0 Å². The zero-order valence-electron chi connectivity index (χ0n) is 22.6. The van der Waals surface area contributed by atoms with Gasteiger partial charge in [0.2, 0.25) is 0 Å². The van der Waals surface area contributed by atoms with Gasteiger partial charge in [-0.05, 0) is 67.7 Å². The van der Waals surface area contributed by atoms with Gasteiger partial charge in [0, 0.05) is 39.0 Å². The summed E-state index contributed by atoms with van der Waals surface area (Å²) in [6.07, 6.45) is 0. The van der Waals surface area contributed by atoms with Crippen LogP contribution < -0.4 is 20.7 Å². The standard InChI is InChI=1S/C30H36S4Si/c1-15(2)17-11-19-25(31-17)27-21(13-23(33-27)29(5,6)7)35(19)20-12-18(16(3)4)32-26(20)28-22(35)14-24(34-28)30(8,9)10/h11-16H,1-10H3. The Morgan fingerprint density at radius 2 is 0.829 bits per heavy atom. The molecule has 0 radical (unpaired) electrons. The molecular weight excluding hydrogens is 517 g/mol. The van der Waals surface area contributed by atoms with Gasteiger partial charge in [-0.15, -0.1) is 45.3 Å². The molecule has 4 aromatic rings. The molecule has 4 aromatic heterocycles. The van der Waals surface area contributed by atoms with Gasteiger partial charge in [0.05, 0.1) is 0 Å². The molecule has 0 nitrogen and oxygen atoms in total. The molecule has 6 rings (SSSR count). The van der Waals surface area contributed by atoms with Crippen molar-refractivity contribution in [1.29, 1.82) is 0 Å². The maximum absolute atomic E-state index is 2.65. The first-order valence-corrected chi connectivity index (χ1v) is 18.1. The Bertz CT molecular complexity index is 1360. The molecule has 35 heavy (non-hydrogen) atoms. The SMILES string of the molecule is CC(C)c1cc2c(s1)-c1sc(C(C)(C)C)cc1[Si]21c2cc(C(C)C)sc2-c2sc(C(C)(C)C)cc21. The molecule has 0 aliphatic carbocycles. The molecular formula is C30H36S4Si. The molecule has 0 N–H and O–H groups in total. The second-order valence-corrected chi connectivity index (χ2v) is 21.0. The van der Waals surface area contributed by atoms with Crippen molar-refractivity contribution in [1.82, 2.24) is 0 Å². The van der Waals surface area contributed by atoms with Crippen LogP contribution in [0.15, 0.2) is 24.3 Å². The lowest BCUT2D eigenvalue weighted by molar-refractivity contribution is 0.604. The van der Waals surface area contributed by atoms with E-state index in [1.54, 1.807) is 59.8 Å². The van der Waals surface area contributed by atoms with Gasteiger partial charge in [-0.2, -0.15) is 0 Å². The van der Waals surface area contributed by atoms with E-state index in [0.29, 0.717) is 11.8 Å². The van der Waals surface area contributed by atoms with E-state index in [2.05, 4.69) is 139 Å². The van der Waals surface area contributed by atoms with Crippen molar-refractivity contribution in [3.63, 3.8) is 0 Å². The van der Waals surface area contributed by atoms with Crippen LogP contribution in [0, 0.1) is 0 Å². The molecule has 0 aromatic carbocycles. The third-order valence-corrected chi connectivity index (χ3v) is 19.5. The second-order valence-electron chi connectivity index (χ2n) is 13.0. The summed E-state index contributed by atoms with van der Waals surface area (Å²) < 4.78 is 0. The van der Waals surface area contributed by atoms with Crippen LogP contribution in [0.1, 0.15) is 101 Å². The Labute approximate surface area is 228 Å². The molecule has 184 valence electrons. The largest absolute Gasteiger partial charge is 0.185 e. The minimum atomic E-state index is -2.28. The topological polar surface area (TPSA) is 0 Å². The van der Waals surface area contributed by atoms with E-state index in [4.69, 9.17) is 0 Å². The van der Waals surface area contributed by atoms with E-state index >= 15 is 0 Å². The molecule has 1 spiro atoms. The highest BCUT2D eigenvalue weighted by Crippen LogP contribution is 2.49. The normalized spacial score (nSPS) is 15.9. The van der Waals surface area contributed by atoms with E-state index in [1.165, 1.54) is 0 Å². The maximum atomic E-state index is 2.65. The van der Waals surface area contributed by atoms with Crippen molar-refractivity contribution >= 4 is 74.2 Å². The summed E-state index contributed by atoms with van der Waals surface area (Å²) in [4.78, 5) is 12.6. The summed E-state index contributed by atoms with van der Waals surface area (Å²) in [6, 6.07) is 10.6. The smallest absolute Gasteiger partial charge is 0.139 e. The number of thiophene rings is 4. The number of rotatable bonds is 2. The van der Waals surface area contributed by atoms with Gasteiger partial charge >= 0.3 is 0 Å². The number of hydrogen-bond donors (Lipinski definition) is 0. The van der Waals surface area contributed by atoms with Crippen LogP contribution in [-0.4, -0.2) is 8.07 Å². The summed E-state index contributed by atoms with van der Waals surface area (Å²) in [5.41, 5.74) is 0.353. The van der Waals surface area contributed by atoms with E-state index in [-0.39, 0.29) is 10.8 Å². The molecule has 0 atom stereocenters. The predicted molar refractivity (Wildman–Crippen MR) is 165 cm³/mol. The Kier molecular flexibility index (Phi) is 5.24. The predicted octanol–water partition coefficient (Wildman–Crippen LogP) is 8.11. The van der Waals surface area contributed by atoms with E-state index in [9.17, 15) is 0 Å². The van der Waals surface area contributed by atoms with Crippen molar-refractivity contribution in [3.8, 4) is 19.5 Å². The Balaban J connectivity index is 1.76. The maximum Gasteiger partial charge on any atom is 0.185 e. The van der Waals surface area contributed by atoms with Crippen LogP contribution in [0.3, 0.4) is 0 Å². The van der Waals surface area contributed by atoms with Gasteiger partial charge in [-0.25, -0.2) is 0 Å². The first kappa shape index (κ1) is 24.4. The highest BCUT2D eigenvalue weighted by molar-refractivity contribution is 7.39. The number of hydrogen-bond acceptors (Lipinski definition) is 4. The van der Waals surface area contributed by atoms with Crippen LogP contribution in [0.25, 0.3) is 19.5 Å². The van der Waals surface area contributed by atoms with Crippen molar-refractivity contribution < 1.29 is 0 Å². The zero-order chi connectivity index (χ0) is 25.2. The molecule has 5 heteroatoms. The minimum absolute atomic E-state index is 0.177. The Morgan fingerprint density at radius 3 is 1.14 bits per heavy atom. The zero-order valence-corrected chi connectivity index (χ0v) is 26.9. The summed E-state index contributed by atoms with van der Waals surface area (Å²) in [7, 11) is -2.28. The number of fused-ring (bicyclic) bond motifs is 10. The van der Waals surface area contributed by atoms with Crippen LogP contribution in [-0.2, 0) is 10.8 Å². The molecule has 0 saturated heterocycles. The molecule has 6 heterocycles. The van der Waals surface area contributed by atoms with Gasteiger partial charge in [0.1, 0.15) is 0 Å². The molecule has 0 unspecified atom stereocenters. The van der Waals surface area contributed by atoms with Gasteiger partial charge in [-0.1, -0.05) is 69.2 Å². The second kappa shape index (κ2) is 7.54. The van der Waals surface area contributed by atoms with Crippen LogP contribution >= 0.6 is 45.3 Å². The Morgan fingerprint density at radius 1 is 0.514 bits per heavy atom. The fraction of sp³-hybridized carbons (Fsp3) is 0.467. The van der Waals surface area contributed by atoms with E-state index in [0.717, 1.165) is 0 Å². The third kappa shape index (κ3) is 3.24. The van der Waals surface area contributed by atoms with E-state index in [1.807, 2.05) is 0 Å². The average Bonchev–Trinajstić information content (AvgIpc) is 3.50. The summed E-state index contributed by atoms with van der Waals surface area (Å²) >= 11 is 8.34. The summed E-state index contributed by atoms with van der Waals surface area (Å²) in [5.74, 6) is 1.15.